The summed E-state index contributed by atoms with van der Waals surface area (Å²) in [5, 5.41) is 3.00. The van der Waals surface area contributed by atoms with Gasteiger partial charge in [-0.1, -0.05) is 69.3 Å². The number of hydrogen-bond donors (Lipinski definition) is 1. The van der Waals surface area contributed by atoms with Crippen molar-refractivity contribution >= 4 is 44.2 Å². The van der Waals surface area contributed by atoms with Gasteiger partial charge >= 0.3 is 17.9 Å². The van der Waals surface area contributed by atoms with Crippen LogP contribution in [0.3, 0.4) is 0 Å². The molecule has 1 aliphatic heterocycles. The zero-order valence-corrected chi connectivity index (χ0v) is 36.8. The number of amides is 2. The molecule has 1 fully saturated rings. The molecular weight excluding hydrogens is 733 g/mol. The van der Waals surface area contributed by atoms with Gasteiger partial charge in [0.1, 0.15) is 18.8 Å². The fourth-order valence-corrected chi connectivity index (χ4v) is 6.32. The maximum absolute atomic E-state index is 14.6. The highest BCUT2D eigenvalue weighted by Crippen LogP contribution is 2.39. The average molecular weight is 797 g/mol. The molecule has 0 radical (unpaired) electrons. The lowest BCUT2D eigenvalue weighted by Gasteiger charge is -2.46. The minimum atomic E-state index is -2.15. The summed E-state index contributed by atoms with van der Waals surface area (Å²) in [6.07, 6.45) is -3.30. The van der Waals surface area contributed by atoms with E-state index >= 15 is 0 Å². The first kappa shape index (κ1) is 46.3. The number of anilines is 1. The monoisotopic (exact) mass is 796 g/mol. The van der Waals surface area contributed by atoms with Crippen molar-refractivity contribution in [3.8, 4) is 0 Å². The zero-order chi connectivity index (χ0) is 42.4. The smallest absolute Gasteiger partial charge is 0.311 e. The van der Waals surface area contributed by atoms with Crippen LogP contribution in [-0.2, 0) is 54.0 Å². The molecule has 3 rings (SSSR count). The molecule has 0 bridgehead atoms. The van der Waals surface area contributed by atoms with Crippen LogP contribution >= 0.6 is 0 Å². The van der Waals surface area contributed by atoms with Gasteiger partial charge in [0.25, 0.3) is 5.91 Å². The van der Waals surface area contributed by atoms with E-state index in [0.717, 1.165) is 5.56 Å². The number of rotatable bonds is 13. The molecule has 0 spiro atoms. The first-order valence-corrected chi connectivity index (χ1v) is 22.1. The highest BCUT2D eigenvalue weighted by Gasteiger charge is 2.51. The Kier molecular flexibility index (Phi) is 14.9. The van der Waals surface area contributed by atoms with E-state index in [1.807, 2.05) is 12.1 Å². The van der Waals surface area contributed by atoms with Crippen LogP contribution in [0.4, 0.5) is 5.69 Å². The summed E-state index contributed by atoms with van der Waals surface area (Å²) in [5.74, 6) is -3.29. The van der Waals surface area contributed by atoms with Crippen molar-refractivity contribution in [1.29, 1.82) is 0 Å². The Bertz CT molecular complexity index is 1680. The third kappa shape index (κ3) is 12.0. The molecule has 0 saturated carbocycles. The van der Waals surface area contributed by atoms with Crippen molar-refractivity contribution in [3.05, 3.63) is 65.7 Å². The number of ether oxygens (including phenoxy) is 4. The maximum Gasteiger partial charge on any atom is 0.311 e. The second-order valence-electron chi connectivity index (χ2n) is 19.1. The number of benzene rings is 2. The summed E-state index contributed by atoms with van der Waals surface area (Å²) in [6, 6.07) is 14.7. The quantitative estimate of drug-likeness (QED) is 0.0921. The molecule has 5 atom stereocenters. The summed E-state index contributed by atoms with van der Waals surface area (Å²) in [6.45, 7) is 25.6. The molecule has 1 heterocycles. The highest BCUT2D eigenvalue weighted by atomic mass is 28.4. The van der Waals surface area contributed by atoms with Gasteiger partial charge in [0.05, 0.1) is 35.4 Å². The minimum absolute atomic E-state index is 0.0337. The van der Waals surface area contributed by atoms with Crippen LogP contribution in [0, 0.1) is 22.2 Å². The van der Waals surface area contributed by atoms with E-state index in [9.17, 15) is 24.0 Å². The van der Waals surface area contributed by atoms with Gasteiger partial charge in [-0.05, 0) is 97.6 Å². The van der Waals surface area contributed by atoms with Crippen molar-refractivity contribution in [3.63, 3.8) is 0 Å². The third-order valence-corrected chi connectivity index (χ3v) is 14.6. The number of carbonyl (C=O) groups is 5. The number of esters is 3. The topological polar surface area (TPSA) is 147 Å². The predicted molar refractivity (Wildman–Crippen MR) is 216 cm³/mol. The van der Waals surface area contributed by atoms with E-state index in [-0.39, 0.29) is 24.9 Å². The van der Waals surface area contributed by atoms with Crippen LogP contribution in [0.2, 0.25) is 18.1 Å². The first-order chi connectivity index (χ1) is 25.7. The molecule has 12 nitrogen and oxygen atoms in total. The van der Waals surface area contributed by atoms with Gasteiger partial charge in [-0.3, -0.25) is 28.9 Å². The molecular formula is C43H64N2O10Si. The summed E-state index contributed by atoms with van der Waals surface area (Å²) in [7, 11) is -2.15. The molecule has 0 aliphatic carbocycles. The van der Waals surface area contributed by atoms with Gasteiger partial charge < -0.3 is 28.7 Å². The molecule has 56 heavy (non-hydrogen) atoms. The third-order valence-electron chi connectivity index (χ3n) is 10.1. The number of nitrogens with zero attached hydrogens (tertiary/aromatic N) is 1. The van der Waals surface area contributed by atoms with E-state index < -0.39 is 78.8 Å². The summed E-state index contributed by atoms with van der Waals surface area (Å²) in [5.41, 5.74) is -1.08. The van der Waals surface area contributed by atoms with Crippen molar-refractivity contribution < 1.29 is 47.3 Å². The van der Waals surface area contributed by atoms with Crippen LogP contribution in [0.15, 0.2) is 54.6 Å². The van der Waals surface area contributed by atoms with Crippen LogP contribution in [0.5, 0.6) is 0 Å². The summed E-state index contributed by atoms with van der Waals surface area (Å²) in [4.78, 5) is 69.2. The van der Waals surface area contributed by atoms with Crippen LogP contribution in [-0.4, -0.2) is 75.1 Å². The molecule has 0 aromatic heterocycles. The van der Waals surface area contributed by atoms with E-state index in [4.69, 9.17) is 23.4 Å². The lowest BCUT2D eigenvalue weighted by molar-refractivity contribution is -0.241. The molecule has 0 unspecified atom stereocenters. The largest absolute Gasteiger partial charge is 0.465 e. The molecule has 13 heteroatoms. The molecule has 2 amide bonds. The van der Waals surface area contributed by atoms with Crippen LogP contribution < -0.4 is 5.32 Å². The normalized spacial score (nSPS) is 20.0. The Morgan fingerprint density at radius 3 is 1.88 bits per heavy atom. The zero-order valence-electron chi connectivity index (χ0n) is 35.8. The number of para-hydroxylation sites is 1. The van der Waals surface area contributed by atoms with Gasteiger partial charge in [-0.15, -0.1) is 0 Å². The van der Waals surface area contributed by atoms with E-state index in [1.165, 1.54) is 4.90 Å². The van der Waals surface area contributed by atoms with Crippen molar-refractivity contribution in [2.75, 3.05) is 18.5 Å². The molecule has 2 aromatic rings. The van der Waals surface area contributed by atoms with E-state index in [0.29, 0.717) is 17.7 Å². The Balaban J connectivity index is 2.14. The van der Waals surface area contributed by atoms with Gasteiger partial charge in [0, 0.05) is 5.69 Å². The van der Waals surface area contributed by atoms with Gasteiger partial charge in [-0.2, -0.15) is 0 Å². The first-order valence-electron chi connectivity index (χ1n) is 19.2. The number of hydrogen-bond acceptors (Lipinski definition) is 10. The maximum atomic E-state index is 14.6. The van der Waals surface area contributed by atoms with E-state index in [1.54, 1.807) is 105 Å². The van der Waals surface area contributed by atoms with Crippen LogP contribution in [0.1, 0.15) is 100 Å². The highest BCUT2D eigenvalue weighted by molar-refractivity contribution is 6.74. The Hall–Kier alpha value is -4.07. The Labute approximate surface area is 334 Å². The SMILES string of the molecule is CC(C)(C)C(=O)OC[C@H]1[C@H](OC(=O)C(C)(C)C)[C@@H](N(C=O)[C@@H](C(=O)Nc2ccccc2CO[Si](C)(C)C(C)(C)C)c2ccccc2)OC[C@H]1OC(=O)C(C)(C)C. The van der Waals surface area contributed by atoms with Gasteiger partial charge in [0.15, 0.2) is 20.6 Å². The Morgan fingerprint density at radius 2 is 1.34 bits per heavy atom. The lowest BCUT2D eigenvalue weighted by atomic mass is 9.89. The fourth-order valence-electron chi connectivity index (χ4n) is 5.37. The summed E-state index contributed by atoms with van der Waals surface area (Å²) >= 11 is 0. The molecule has 1 aliphatic rings. The lowest BCUT2D eigenvalue weighted by Crippen LogP contribution is -2.61. The average Bonchev–Trinajstić information content (AvgIpc) is 3.08. The second-order valence-corrected chi connectivity index (χ2v) is 23.9. The van der Waals surface area contributed by atoms with Crippen molar-refractivity contribution in [2.24, 2.45) is 22.2 Å². The predicted octanol–water partition coefficient (Wildman–Crippen LogP) is 7.82. The molecule has 2 aromatic carbocycles. The molecule has 310 valence electrons. The van der Waals surface area contributed by atoms with Gasteiger partial charge in [0.2, 0.25) is 6.41 Å². The molecule has 1 N–H and O–H groups in total. The van der Waals surface area contributed by atoms with Crippen molar-refractivity contribution in [1.82, 2.24) is 4.90 Å². The van der Waals surface area contributed by atoms with Crippen LogP contribution in [0.25, 0.3) is 0 Å². The second kappa shape index (κ2) is 18.0. The standard InChI is InChI=1S/C43H64N2O10Si/c1-40(2,3)37(48)52-25-30-32(54-38(49)41(4,5)6)26-51-36(34(30)55-39(50)42(7,8)9)45(27-46)33(28-20-16-15-17-21-28)35(47)44-31-23-19-18-22-29(31)24-53-56(13,14)43(10,11)12/h15-23,27,30,32-34,36H,24-26H2,1-14H3,(H,44,47)/t30-,32-,33-,34+,36+/m1/s1. The van der Waals surface area contributed by atoms with Crippen molar-refractivity contribution in [2.45, 2.75) is 132 Å². The number of carbonyl (C=O) groups excluding carboxylic acids is 5. The van der Waals surface area contributed by atoms with Gasteiger partial charge in [-0.25, -0.2) is 0 Å². The molecule has 1 saturated heterocycles. The fraction of sp³-hybridized carbons (Fsp3) is 0.605. The summed E-state index contributed by atoms with van der Waals surface area (Å²) < 4.78 is 30.7. The van der Waals surface area contributed by atoms with E-state index in [2.05, 4.69) is 39.2 Å². The number of nitrogens with one attached hydrogen (secondary N) is 1. The minimum Gasteiger partial charge on any atom is -0.465 e. The Morgan fingerprint density at radius 1 is 0.804 bits per heavy atom.